The molecular weight excluding hydrogens is 316 g/mol. The molecule has 8 heteroatoms. The van der Waals surface area contributed by atoms with Gasteiger partial charge in [0.1, 0.15) is 0 Å². The molecule has 0 atom stereocenters. The standard InChI is InChI=1S/C15H20N4O3S/c1-3-4-11-23(20,21)19-13-7-5-12(6-8-13)17-15-16-10-9-14(18-15)22-2/h5-10,19H,3-4,11H2,1-2H3,(H,16,17,18). The molecule has 7 nitrogen and oxygen atoms in total. The lowest BCUT2D eigenvalue weighted by atomic mass is 10.3. The molecule has 23 heavy (non-hydrogen) atoms. The van der Waals surface area contributed by atoms with Gasteiger partial charge in [0.05, 0.1) is 12.9 Å². The van der Waals surface area contributed by atoms with Crippen molar-refractivity contribution >= 4 is 27.3 Å². The molecule has 0 aliphatic rings. The molecule has 2 aromatic rings. The number of aromatic nitrogens is 2. The number of anilines is 3. The Hall–Kier alpha value is -2.35. The highest BCUT2D eigenvalue weighted by molar-refractivity contribution is 7.92. The number of nitrogens with one attached hydrogen (secondary N) is 2. The molecule has 0 spiro atoms. The number of methoxy groups -OCH3 is 1. The smallest absolute Gasteiger partial charge is 0.232 e. The van der Waals surface area contributed by atoms with Crippen LogP contribution < -0.4 is 14.8 Å². The average molecular weight is 336 g/mol. The monoisotopic (exact) mass is 336 g/mol. The third-order valence-electron chi connectivity index (χ3n) is 3.02. The molecule has 1 heterocycles. The highest BCUT2D eigenvalue weighted by Crippen LogP contribution is 2.18. The van der Waals surface area contributed by atoms with Crippen molar-refractivity contribution in [2.75, 3.05) is 22.9 Å². The zero-order valence-electron chi connectivity index (χ0n) is 13.1. The van der Waals surface area contributed by atoms with Gasteiger partial charge in [0.25, 0.3) is 0 Å². The summed E-state index contributed by atoms with van der Waals surface area (Å²) in [5, 5.41) is 3.02. The first-order valence-corrected chi connectivity index (χ1v) is 8.92. The summed E-state index contributed by atoms with van der Waals surface area (Å²) in [5.41, 5.74) is 1.27. The minimum atomic E-state index is -3.29. The van der Waals surface area contributed by atoms with Gasteiger partial charge in [-0.3, -0.25) is 4.72 Å². The number of rotatable bonds is 8. The van der Waals surface area contributed by atoms with Crippen LogP contribution in [0.5, 0.6) is 5.88 Å². The van der Waals surface area contributed by atoms with Crippen LogP contribution in [-0.4, -0.2) is 31.2 Å². The zero-order chi connectivity index (χ0) is 16.7. The van der Waals surface area contributed by atoms with Crippen LogP contribution in [0.3, 0.4) is 0 Å². The van der Waals surface area contributed by atoms with Gasteiger partial charge >= 0.3 is 0 Å². The first-order valence-electron chi connectivity index (χ1n) is 7.27. The van der Waals surface area contributed by atoms with Crippen molar-refractivity contribution in [3.63, 3.8) is 0 Å². The van der Waals surface area contributed by atoms with Crippen molar-refractivity contribution in [2.24, 2.45) is 0 Å². The third kappa shape index (κ3) is 5.41. The van der Waals surface area contributed by atoms with Crippen molar-refractivity contribution in [2.45, 2.75) is 19.8 Å². The molecule has 0 saturated carbocycles. The van der Waals surface area contributed by atoms with Crippen LogP contribution in [0.4, 0.5) is 17.3 Å². The summed E-state index contributed by atoms with van der Waals surface area (Å²) in [5.74, 6) is 0.990. The lowest BCUT2D eigenvalue weighted by Crippen LogP contribution is -2.16. The Morgan fingerprint density at radius 2 is 1.83 bits per heavy atom. The van der Waals surface area contributed by atoms with Gasteiger partial charge in [-0.05, 0) is 30.7 Å². The van der Waals surface area contributed by atoms with Crippen molar-refractivity contribution < 1.29 is 13.2 Å². The van der Waals surface area contributed by atoms with Crippen LogP contribution in [0.2, 0.25) is 0 Å². The second kappa shape index (κ2) is 7.77. The number of ether oxygens (including phenoxy) is 1. The summed E-state index contributed by atoms with van der Waals surface area (Å²) < 4.78 is 31.3. The Balaban J connectivity index is 2.01. The quantitative estimate of drug-likeness (QED) is 0.770. The topological polar surface area (TPSA) is 93.2 Å². The first-order chi connectivity index (χ1) is 11.0. The van der Waals surface area contributed by atoms with Crippen LogP contribution in [-0.2, 0) is 10.0 Å². The largest absolute Gasteiger partial charge is 0.481 e. The summed E-state index contributed by atoms with van der Waals surface area (Å²) in [6.45, 7) is 1.95. The van der Waals surface area contributed by atoms with E-state index in [0.717, 1.165) is 12.1 Å². The Morgan fingerprint density at radius 1 is 1.13 bits per heavy atom. The highest BCUT2D eigenvalue weighted by atomic mass is 32.2. The van der Waals surface area contributed by atoms with Crippen LogP contribution in [0, 0.1) is 0 Å². The van der Waals surface area contributed by atoms with Gasteiger partial charge in [-0.2, -0.15) is 4.98 Å². The van der Waals surface area contributed by atoms with E-state index in [2.05, 4.69) is 20.0 Å². The van der Waals surface area contributed by atoms with Crippen LogP contribution in [0.1, 0.15) is 19.8 Å². The van der Waals surface area contributed by atoms with E-state index >= 15 is 0 Å². The Kier molecular flexibility index (Phi) is 5.75. The summed E-state index contributed by atoms with van der Waals surface area (Å²) in [6, 6.07) is 8.53. The van der Waals surface area contributed by atoms with Crippen LogP contribution >= 0.6 is 0 Å². The maximum atomic E-state index is 11.8. The van der Waals surface area contributed by atoms with Crippen LogP contribution in [0.25, 0.3) is 0 Å². The van der Waals surface area contributed by atoms with E-state index in [1.54, 1.807) is 36.5 Å². The zero-order valence-corrected chi connectivity index (χ0v) is 13.9. The van der Waals surface area contributed by atoms with Crippen LogP contribution in [0.15, 0.2) is 36.5 Å². The van der Waals surface area contributed by atoms with E-state index in [0.29, 0.717) is 23.9 Å². The molecule has 1 aromatic carbocycles. The van der Waals surface area contributed by atoms with Crippen molar-refractivity contribution in [3.8, 4) is 5.88 Å². The molecule has 1 aromatic heterocycles. The van der Waals surface area contributed by atoms with E-state index in [-0.39, 0.29) is 5.75 Å². The lowest BCUT2D eigenvalue weighted by Gasteiger charge is -2.09. The number of hydrogen-bond acceptors (Lipinski definition) is 6. The minimum Gasteiger partial charge on any atom is -0.481 e. The number of benzene rings is 1. The van der Waals surface area contributed by atoms with Gasteiger partial charge in [0.15, 0.2) is 0 Å². The van der Waals surface area contributed by atoms with Crippen molar-refractivity contribution in [1.82, 2.24) is 9.97 Å². The van der Waals surface area contributed by atoms with Gasteiger partial charge in [0, 0.05) is 23.6 Å². The second-order valence-corrected chi connectivity index (χ2v) is 6.74. The maximum absolute atomic E-state index is 11.8. The molecule has 0 amide bonds. The van der Waals surface area contributed by atoms with E-state index in [4.69, 9.17) is 4.74 Å². The molecule has 0 bridgehead atoms. The Bertz CT molecular complexity index is 733. The van der Waals surface area contributed by atoms with E-state index in [9.17, 15) is 8.42 Å². The van der Waals surface area contributed by atoms with Crippen molar-refractivity contribution in [1.29, 1.82) is 0 Å². The lowest BCUT2D eigenvalue weighted by molar-refractivity contribution is 0.397. The second-order valence-electron chi connectivity index (χ2n) is 4.90. The fourth-order valence-electron chi connectivity index (χ4n) is 1.83. The number of unbranched alkanes of at least 4 members (excludes halogenated alkanes) is 1. The molecule has 2 rings (SSSR count). The van der Waals surface area contributed by atoms with Gasteiger partial charge in [-0.25, -0.2) is 13.4 Å². The molecule has 0 saturated heterocycles. The number of sulfonamides is 1. The molecule has 0 aliphatic carbocycles. The average Bonchev–Trinajstić information content (AvgIpc) is 2.55. The fraction of sp³-hybridized carbons (Fsp3) is 0.333. The van der Waals surface area contributed by atoms with Gasteiger partial charge in [-0.15, -0.1) is 0 Å². The molecule has 0 unspecified atom stereocenters. The van der Waals surface area contributed by atoms with E-state index < -0.39 is 10.0 Å². The molecule has 124 valence electrons. The Morgan fingerprint density at radius 3 is 2.48 bits per heavy atom. The van der Waals surface area contributed by atoms with Gasteiger partial charge < -0.3 is 10.1 Å². The number of nitrogens with zero attached hydrogens (tertiary/aromatic N) is 2. The molecule has 2 N–H and O–H groups in total. The summed E-state index contributed by atoms with van der Waals surface area (Å²) in [6.07, 6.45) is 3.07. The minimum absolute atomic E-state index is 0.126. The molecule has 0 aliphatic heterocycles. The molecule has 0 fully saturated rings. The molecular formula is C15H20N4O3S. The third-order valence-corrected chi connectivity index (χ3v) is 4.39. The van der Waals surface area contributed by atoms with Gasteiger partial charge in [-0.1, -0.05) is 13.3 Å². The predicted octanol–water partition coefficient (Wildman–Crippen LogP) is 2.77. The van der Waals surface area contributed by atoms with Gasteiger partial charge in [0.2, 0.25) is 21.9 Å². The maximum Gasteiger partial charge on any atom is 0.232 e. The molecule has 0 radical (unpaired) electrons. The fourth-order valence-corrected chi connectivity index (χ4v) is 3.10. The number of hydrogen-bond donors (Lipinski definition) is 2. The SMILES string of the molecule is CCCCS(=O)(=O)Nc1ccc(Nc2nccc(OC)n2)cc1. The first kappa shape index (κ1) is 17.0. The normalized spacial score (nSPS) is 11.0. The Labute approximate surface area is 136 Å². The summed E-state index contributed by atoms with van der Waals surface area (Å²) in [4.78, 5) is 8.23. The van der Waals surface area contributed by atoms with E-state index in [1.807, 2.05) is 6.92 Å². The summed E-state index contributed by atoms with van der Waals surface area (Å²) >= 11 is 0. The highest BCUT2D eigenvalue weighted by Gasteiger charge is 2.09. The predicted molar refractivity (Wildman–Crippen MR) is 90.6 cm³/mol. The van der Waals surface area contributed by atoms with E-state index in [1.165, 1.54) is 7.11 Å². The summed E-state index contributed by atoms with van der Waals surface area (Å²) in [7, 11) is -1.76. The van der Waals surface area contributed by atoms with Crippen molar-refractivity contribution in [3.05, 3.63) is 36.5 Å².